The molecule has 0 fully saturated rings. The number of rotatable bonds is 3. The molecule has 0 aliphatic heterocycles. The first-order valence-electron chi connectivity index (χ1n) is 4.52. The zero-order chi connectivity index (χ0) is 13.6. The minimum atomic E-state index is -3.58. The standard InChI is InChI=1S/C5H11N9O2P2/c6-17(7,15)13-2-1-10-5(13)4-3-14(12-11-4)18(8,9)16/h1-3H,(H4,6,7,15)(H4,8,9,16). The van der Waals surface area contributed by atoms with Gasteiger partial charge in [-0.2, -0.15) is 4.45 Å². The molecule has 0 aromatic carbocycles. The normalized spacial score (nSPS) is 12.9. The van der Waals surface area contributed by atoms with Crippen molar-refractivity contribution in [3.63, 3.8) is 0 Å². The molecule has 13 heteroatoms. The molecule has 2 rings (SSSR count). The van der Waals surface area contributed by atoms with E-state index in [0.717, 1.165) is 8.79 Å². The molecule has 2 aromatic rings. The smallest absolute Gasteiger partial charge is 0.264 e. The summed E-state index contributed by atoms with van der Waals surface area (Å²) in [6, 6.07) is 0. The maximum Gasteiger partial charge on any atom is 0.321 e. The lowest BCUT2D eigenvalue weighted by atomic mass is 10.5. The van der Waals surface area contributed by atoms with Gasteiger partial charge in [-0.15, -0.1) is 5.10 Å². The first-order chi connectivity index (χ1) is 8.19. The molecular weight excluding hydrogens is 280 g/mol. The van der Waals surface area contributed by atoms with E-state index in [0.29, 0.717) is 0 Å². The Bertz CT molecular complexity index is 662. The molecule has 18 heavy (non-hydrogen) atoms. The number of nitrogens with two attached hydrogens (primary N) is 4. The highest BCUT2D eigenvalue weighted by Gasteiger charge is 2.21. The minimum Gasteiger partial charge on any atom is -0.264 e. The fraction of sp³-hybridized carbons (Fsp3) is 0. The fourth-order valence-electron chi connectivity index (χ4n) is 1.24. The van der Waals surface area contributed by atoms with Crippen LogP contribution in [0.5, 0.6) is 0 Å². The van der Waals surface area contributed by atoms with Gasteiger partial charge in [0.2, 0.25) is 0 Å². The highest BCUT2D eigenvalue weighted by atomic mass is 31.2. The van der Waals surface area contributed by atoms with Crippen LogP contribution >= 0.6 is 15.2 Å². The van der Waals surface area contributed by atoms with Crippen LogP contribution < -0.4 is 22.0 Å². The van der Waals surface area contributed by atoms with Crippen molar-refractivity contribution in [3.05, 3.63) is 18.6 Å². The van der Waals surface area contributed by atoms with E-state index < -0.39 is 15.2 Å². The van der Waals surface area contributed by atoms with Crippen molar-refractivity contribution in [3.8, 4) is 11.5 Å². The Labute approximate surface area is 101 Å². The first-order valence-corrected chi connectivity index (χ1v) is 8.11. The number of imidazole rings is 1. The van der Waals surface area contributed by atoms with Gasteiger partial charge >= 0.3 is 15.2 Å². The van der Waals surface area contributed by atoms with E-state index in [1.165, 1.54) is 18.6 Å². The van der Waals surface area contributed by atoms with E-state index in [1.807, 2.05) is 0 Å². The third-order valence-corrected chi connectivity index (χ3v) is 3.82. The number of hydrogen-bond donors (Lipinski definition) is 4. The topological polar surface area (TPSA) is 187 Å². The largest absolute Gasteiger partial charge is 0.321 e. The molecule has 0 radical (unpaired) electrons. The van der Waals surface area contributed by atoms with E-state index in [9.17, 15) is 9.13 Å². The van der Waals surface area contributed by atoms with E-state index in [4.69, 9.17) is 22.0 Å². The van der Waals surface area contributed by atoms with Gasteiger partial charge in [0.1, 0.15) is 5.69 Å². The van der Waals surface area contributed by atoms with Gasteiger partial charge in [-0.1, -0.05) is 5.21 Å². The Balaban J connectivity index is 2.51. The summed E-state index contributed by atoms with van der Waals surface area (Å²) >= 11 is 0. The van der Waals surface area contributed by atoms with E-state index in [-0.39, 0.29) is 11.5 Å². The third-order valence-electron chi connectivity index (χ3n) is 1.99. The molecule has 8 N–H and O–H groups in total. The second-order valence-corrected chi connectivity index (χ2v) is 7.00. The van der Waals surface area contributed by atoms with Crippen LogP contribution in [0.15, 0.2) is 18.6 Å². The van der Waals surface area contributed by atoms with Crippen LogP contribution in [0.3, 0.4) is 0 Å². The van der Waals surface area contributed by atoms with Crippen LogP contribution in [0.2, 0.25) is 0 Å². The monoisotopic (exact) mass is 291 g/mol. The average molecular weight is 291 g/mol. The lowest BCUT2D eigenvalue weighted by molar-refractivity contribution is 0.562. The van der Waals surface area contributed by atoms with Crippen molar-refractivity contribution in [2.45, 2.75) is 0 Å². The molecule has 0 atom stereocenters. The summed E-state index contributed by atoms with van der Waals surface area (Å²) in [4.78, 5) is 3.89. The molecule has 2 heterocycles. The van der Waals surface area contributed by atoms with Gasteiger partial charge in [-0.25, -0.2) is 4.98 Å². The van der Waals surface area contributed by atoms with Crippen LogP contribution in [-0.2, 0) is 9.13 Å². The van der Waals surface area contributed by atoms with Gasteiger partial charge in [0, 0.05) is 12.4 Å². The van der Waals surface area contributed by atoms with E-state index in [1.54, 1.807) is 0 Å². The lowest BCUT2D eigenvalue weighted by Gasteiger charge is -2.09. The van der Waals surface area contributed by atoms with Crippen LogP contribution in [0.4, 0.5) is 0 Å². The summed E-state index contributed by atoms with van der Waals surface area (Å²) in [5, 5.41) is 7.16. The van der Waals surface area contributed by atoms with Gasteiger partial charge in [0.25, 0.3) is 0 Å². The van der Waals surface area contributed by atoms with Gasteiger partial charge in [0.15, 0.2) is 5.82 Å². The Hall–Kier alpha value is -1.35. The van der Waals surface area contributed by atoms with Crippen LogP contribution in [0.25, 0.3) is 11.5 Å². The van der Waals surface area contributed by atoms with Crippen LogP contribution in [0.1, 0.15) is 0 Å². The maximum absolute atomic E-state index is 11.6. The molecule has 2 aromatic heterocycles. The molecule has 0 aliphatic carbocycles. The number of hydrogen-bond acceptors (Lipinski definition) is 5. The molecule has 11 nitrogen and oxygen atoms in total. The first kappa shape index (κ1) is 13.1. The summed E-state index contributed by atoms with van der Waals surface area (Å²) < 4.78 is 24.8. The van der Waals surface area contributed by atoms with Gasteiger partial charge < -0.3 is 0 Å². The molecule has 0 spiro atoms. The zero-order valence-corrected chi connectivity index (χ0v) is 10.8. The van der Waals surface area contributed by atoms with Crippen molar-refractivity contribution in [1.82, 2.24) is 24.1 Å². The average Bonchev–Trinajstić information content (AvgIpc) is 2.84. The second-order valence-electron chi connectivity index (χ2n) is 3.46. The fourth-order valence-corrected chi connectivity index (χ4v) is 2.42. The van der Waals surface area contributed by atoms with E-state index in [2.05, 4.69) is 15.3 Å². The quantitative estimate of drug-likeness (QED) is 0.508. The van der Waals surface area contributed by atoms with E-state index >= 15 is 0 Å². The Morgan fingerprint density at radius 1 is 1.11 bits per heavy atom. The summed E-state index contributed by atoms with van der Waals surface area (Å²) in [6.45, 7) is 0. The predicted octanol–water partition coefficient (Wildman–Crippen LogP) is -1.11. The van der Waals surface area contributed by atoms with Crippen molar-refractivity contribution in [1.29, 1.82) is 0 Å². The minimum absolute atomic E-state index is 0.114. The third kappa shape index (κ3) is 2.41. The zero-order valence-electron chi connectivity index (χ0n) is 8.99. The maximum atomic E-state index is 11.6. The van der Waals surface area contributed by atoms with Crippen molar-refractivity contribution >= 4 is 15.2 Å². The lowest BCUT2D eigenvalue weighted by Crippen LogP contribution is -2.14. The van der Waals surface area contributed by atoms with Crippen molar-refractivity contribution in [2.75, 3.05) is 0 Å². The summed E-state index contributed by atoms with van der Waals surface area (Å²) in [7, 11) is -7.14. The number of nitrogens with zero attached hydrogens (tertiary/aromatic N) is 5. The van der Waals surface area contributed by atoms with Gasteiger partial charge in [-0.3, -0.25) is 35.5 Å². The van der Waals surface area contributed by atoms with Crippen LogP contribution in [-0.4, -0.2) is 24.1 Å². The molecule has 98 valence electrons. The van der Waals surface area contributed by atoms with Gasteiger partial charge in [0.05, 0.1) is 6.20 Å². The van der Waals surface area contributed by atoms with Crippen molar-refractivity contribution < 1.29 is 9.13 Å². The number of aromatic nitrogens is 5. The molecule has 0 unspecified atom stereocenters. The molecule has 0 amide bonds. The van der Waals surface area contributed by atoms with Crippen molar-refractivity contribution in [2.24, 2.45) is 22.0 Å². The summed E-state index contributed by atoms with van der Waals surface area (Å²) in [5.74, 6) is 0.114. The Morgan fingerprint density at radius 3 is 2.28 bits per heavy atom. The second kappa shape index (κ2) is 4.09. The SMILES string of the molecule is NP(N)(=O)n1cc(-c2nccn2P(N)(N)=O)nn1. The predicted molar refractivity (Wildman–Crippen MR) is 64.0 cm³/mol. The molecule has 0 aliphatic rings. The Morgan fingerprint density at radius 2 is 1.78 bits per heavy atom. The molecule has 0 saturated heterocycles. The molecule has 0 bridgehead atoms. The van der Waals surface area contributed by atoms with Gasteiger partial charge in [-0.05, 0) is 0 Å². The molecule has 0 saturated carbocycles. The highest BCUT2D eigenvalue weighted by molar-refractivity contribution is 7.57. The highest BCUT2D eigenvalue weighted by Crippen LogP contribution is 2.34. The summed E-state index contributed by atoms with van der Waals surface area (Å²) in [6.07, 6.45) is 3.88. The summed E-state index contributed by atoms with van der Waals surface area (Å²) in [5.41, 5.74) is 21.2. The van der Waals surface area contributed by atoms with Crippen LogP contribution in [0, 0.1) is 0 Å². The Kier molecular flexibility index (Phi) is 2.98. The molecular formula is C5H11N9O2P2.